The first kappa shape index (κ1) is 11.4. The molecule has 5 heteroatoms. The van der Waals surface area contributed by atoms with Gasteiger partial charge in [-0.2, -0.15) is 4.74 Å². The molecule has 2 rings (SSSR count). The fourth-order valence-corrected chi connectivity index (χ4v) is 2.86. The summed E-state index contributed by atoms with van der Waals surface area (Å²) >= 11 is 0. The predicted molar refractivity (Wildman–Crippen MR) is 58.9 cm³/mol. The minimum Gasteiger partial charge on any atom is -0.623 e. The predicted octanol–water partition coefficient (Wildman–Crippen LogP) is 0.855. The van der Waals surface area contributed by atoms with Crippen LogP contribution in [0.5, 0.6) is 0 Å². The molecule has 0 radical (unpaired) electrons. The van der Waals surface area contributed by atoms with Gasteiger partial charge in [0.05, 0.1) is 6.42 Å². The molecule has 1 fully saturated rings. The second kappa shape index (κ2) is 3.20. The lowest BCUT2D eigenvalue weighted by atomic mass is 9.74. The van der Waals surface area contributed by atoms with Crippen molar-refractivity contribution < 1.29 is 19.8 Å². The highest BCUT2D eigenvalue weighted by Gasteiger charge is 2.68. The van der Waals surface area contributed by atoms with Crippen LogP contribution in [0.15, 0.2) is 0 Å². The molecule has 0 aromatic carbocycles. The van der Waals surface area contributed by atoms with Crippen LogP contribution in [-0.2, 0) is 0 Å². The fraction of sp³-hybridized carbons (Fsp3) is 0.818. The average Bonchev–Trinajstić information content (AvgIpc) is 2.27. The van der Waals surface area contributed by atoms with Gasteiger partial charge in [0.1, 0.15) is 0 Å². The van der Waals surface area contributed by atoms with Crippen molar-refractivity contribution in [1.82, 2.24) is 0 Å². The molecule has 5 nitrogen and oxygen atoms in total. The SMILES string of the molecule is CC1=[N+]([O-])[C@@]2(C)CCCC[C@]2(O)[N+](O)=C1C. The van der Waals surface area contributed by atoms with E-state index in [2.05, 4.69) is 0 Å². The summed E-state index contributed by atoms with van der Waals surface area (Å²) in [6.45, 7) is 5.04. The standard InChI is InChI=1S/C11H19N2O3/c1-8-9(2)13(16)11(14)7-5-4-6-10(11,3)12(8)15/h14,16H,4-7H2,1-3H3/q+1/t10-,11+/m0/s1. The molecular formula is C11H19N2O3+. The number of fused-ring (bicyclic) bond motifs is 1. The second-order valence-electron chi connectivity index (χ2n) is 5.07. The van der Waals surface area contributed by atoms with Gasteiger partial charge in [-0.1, -0.05) is 0 Å². The van der Waals surface area contributed by atoms with Crippen LogP contribution in [0, 0.1) is 5.21 Å². The highest BCUT2D eigenvalue weighted by atomic mass is 16.5. The third-order valence-electron chi connectivity index (χ3n) is 4.25. The van der Waals surface area contributed by atoms with Gasteiger partial charge in [-0.25, -0.2) is 0 Å². The lowest BCUT2D eigenvalue weighted by molar-refractivity contribution is -0.891. The molecule has 1 saturated carbocycles. The molecule has 2 atom stereocenters. The molecule has 90 valence electrons. The molecule has 0 amide bonds. The molecular weight excluding hydrogens is 208 g/mol. The van der Waals surface area contributed by atoms with Crippen molar-refractivity contribution in [1.29, 1.82) is 0 Å². The largest absolute Gasteiger partial charge is 0.623 e. The summed E-state index contributed by atoms with van der Waals surface area (Å²) in [5.41, 5.74) is -1.52. The third-order valence-corrected chi connectivity index (χ3v) is 4.25. The van der Waals surface area contributed by atoms with Crippen LogP contribution in [0.2, 0.25) is 0 Å². The van der Waals surface area contributed by atoms with Crippen LogP contribution in [0.25, 0.3) is 0 Å². The van der Waals surface area contributed by atoms with Crippen molar-refractivity contribution in [2.45, 2.75) is 57.7 Å². The maximum Gasteiger partial charge on any atom is 0.377 e. The number of hydroxylamine groups is 2. The summed E-state index contributed by atoms with van der Waals surface area (Å²) in [4.78, 5) is 0. The Morgan fingerprint density at radius 2 is 1.75 bits per heavy atom. The highest BCUT2D eigenvalue weighted by molar-refractivity contribution is 6.36. The van der Waals surface area contributed by atoms with Gasteiger partial charge in [0, 0.05) is 31.9 Å². The second-order valence-corrected chi connectivity index (χ2v) is 5.07. The van der Waals surface area contributed by atoms with Gasteiger partial charge in [0.15, 0.2) is 0 Å². The molecule has 0 spiro atoms. The average molecular weight is 227 g/mol. The Morgan fingerprint density at radius 1 is 1.19 bits per heavy atom. The van der Waals surface area contributed by atoms with Crippen LogP contribution in [0.3, 0.4) is 0 Å². The molecule has 1 aliphatic carbocycles. The van der Waals surface area contributed by atoms with Crippen LogP contribution in [-0.4, -0.2) is 42.5 Å². The van der Waals surface area contributed by atoms with E-state index in [-0.39, 0.29) is 0 Å². The Labute approximate surface area is 94.9 Å². The first-order valence-electron chi connectivity index (χ1n) is 5.71. The van der Waals surface area contributed by atoms with E-state index in [1.165, 1.54) is 0 Å². The summed E-state index contributed by atoms with van der Waals surface area (Å²) in [6.07, 6.45) is 2.74. The molecule has 0 aromatic rings. The van der Waals surface area contributed by atoms with Gasteiger partial charge in [0.25, 0.3) is 17.0 Å². The van der Waals surface area contributed by atoms with Crippen molar-refractivity contribution >= 4 is 11.4 Å². The monoisotopic (exact) mass is 227 g/mol. The Bertz CT molecular complexity index is 364. The van der Waals surface area contributed by atoms with Gasteiger partial charge >= 0.3 is 5.72 Å². The molecule has 1 aliphatic heterocycles. The highest BCUT2D eigenvalue weighted by Crippen LogP contribution is 2.41. The molecule has 16 heavy (non-hydrogen) atoms. The van der Waals surface area contributed by atoms with E-state index in [0.29, 0.717) is 24.3 Å². The Kier molecular flexibility index (Phi) is 2.28. The maximum absolute atomic E-state index is 12.2. The van der Waals surface area contributed by atoms with E-state index in [9.17, 15) is 15.5 Å². The molecule has 0 saturated heterocycles. The number of hydrogen-bond acceptors (Lipinski definition) is 3. The molecule has 0 aromatic heterocycles. The van der Waals surface area contributed by atoms with Crippen LogP contribution < -0.4 is 0 Å². The van der Waals surface area contributed by atoms with E-state index < -0.39 is 11.3 Å². The maximum atomic E-state index is 12.2. The molecule has 2 N–H and O–H groups in total. The van der Waals surface area contributed by atoms with Gasteiger partial charge in [-0.05, 0) is 12.8 Å². The van der Waals surface area contributed by atoms with Crippen molar-refractivity contribution in [3.63, 3.8) is 0 Å². The summed E-state index contributed by atoms with van der Waals surface area (Å²) < 4.78 is 1.75. The summed E-state index contributed by atoms with van der Waals surface area (Å²) in [7, 11) is 0. The number of rotatable bonds is 0. The zero-order chi connectivity index (χ0) is 12.1. The summed E-state index contributed by atoms with van der Waals surface area (Å²) in [5, 5.41) is 32.8. The minimum absolute atomic E-state index is 0.420. The summed E-state index contributed by atoms with van der Waals surface area (Å²) in [6, 6.07) is 0. The normalized spacial score (nSPS) is 40.0. The Morgan fingerprint density at radius 3 is 2.38 bits per heavy atom. The fourth-order valence-electron chi connectivity index (χ4n) is 2.86. The van der Waals surface area contributed by atoms with Gasteiger partial charge in [-0.15, -0.1) is 0 Å². The minimum atomic E-state index is -1.46. The van der Waals surface area contributed by atoms with E-state index >= 15 is 0 Å². The Hall–Kier alpha value is -1.10. The van der Waals surface area contributed by atoms with E-state index in [1.54, 1.807) is 20.8 Å². The van der Waals surface area contributed by atoms with Crippen molar-refractivity contribution in [2.24, 2.45) is 0 Å². The quantitative estimate of drug-likeness (QED) is 0.366. The lowest BCUT2D eigenvalue weighted by Crippen LogP contribution is -2.69. The molecule has 1 heterocycles. The van der Waals surface area contributed by atoms with E-state index in [4.69, 9.17) is 0 Å². The lowest BCUT2D eigenvalue weighted by Gasteiger charge is -2.41. The number of hydrogen-bond donors (Lipinski definition) is 2. The number of aliphatic hydroxyl groups is 1. The van der Waals surface area contributed by atoms with E-state index in [1.807, 2.05) is 0 Å². The van der Waals surface area contributed by atoms with Crippen molar-refractivity contribution in [2.75, 3.05) is 0 Å². The van der Waals surface area contributed by atoms with Crippen molar-refractivity contribution in [3.05, 3.63) is 5.21 Å². The first-order valence-corrected chi connectivity index (χ1v) is 5.71. The number of nitrogens with zero attached hydrogens (tertiary/aromatic N) is 2. The molecule has 0 bridgehead atoms. The zero-order valence-corrected chi connectivity index (χ0v) is 10.0. The van der Waals surface area contributed by atoms with Gasteiger partial charge < -0.3 is 10.3 Å². The van der Waals surface area contributed by atoms with E-state index in [0.717, 1.165) is 22.3 Å². The summed E-state index contributed by atoms with van der Waals surface area (Å²) in [5.74, 6) is 0. The zero-order valence-electron chi connectivity index (χ0n) is 10.0. The molecule has 2 aliphatic rings. The van der Waals surface area contributed by atoms with Crippen LogP contribution in [0.4, 0.5) is 0 Å². The Balaban J connectivity index is 2.65. The third kappa shape index (κ3) is 1.09. The topological polar surface area (TPSA) is 69.5 Å². The smallest absolute Gasteiger partial charge is 0.377 e. The van der Waals surface area contributed by atoms with Gasteiger partial charge in [-0.3, -0.25) is 5.21 Å². The van der Waals surface area contributed by atoms with Gasteiger partial charge in [0.2, 0.25) is 0 Å². The first-order chi connectivity index (χ1) is 7.34. The van der Waals surface area contributed by atoms with Crippen LogP contribution >= 0.6 is 0 Å². The van der Waals surface area contributed by atoms with Crippen LogP contribution in [0.1, 0.15) is 46.5 Å². The van der Waals surface area contributed by atoms with Crippen molar-refractivity contribution in [3.8, 4) is 0 Å². The molecule has 0 unspecified atom stereocenters.